The lowest BCUT2D eigenvalue weighted by Crippen LogP contribution is -2.33. The molecule has 1 aromatic rings. The van der Waals surface area contributed by atoms with Crippen molar-refractivity contribution in [2.24, 2.45) is 0 Å². The number of carbonyl (C=O) groups is 1. The van der Waals surface area contributed by atoms with Gasteiger partial charge in [0.25, 0.3) is 5.91 Å². The number of amides is 1. The maximum Gasteiger partial charge on any atom is 0.251 e. The average molecular weight is 307 g/mol. The maximum atomic E-state index is 11.8. The SMILES string of the molecule is CC(CCS(C)(=O)=O)NC(=O)c1cccc(N)c1.Cl. The second-order valence-corrected chi connectivity index (χ2v) is 6.68. The van der Waals surface area contributed by atoms with Gasteiger partial charge in [-0.25, -0.2) is 8.42 Å². The van der Waals surface area contributed by atoms with Gasteiger partial charge in [-0.3, -0.25) is 4.79 Å². The van der Waals surface area contributed by atoms with Crippen molar-refractivity contribution in [2.45, 2.75) is 19.4 Å². The van der Waals surface area contributed by atoms with E-state index in [0.717, 1.165) is 0 Å². The molecule has 0 heterocycles. The highest BCUT2D eigenvalue weighted by Crippen LogP contribution is 2.07. The molecule has 0 aromatic heterocycles. The van der Waals surface area contributed by atoms with Crippen molar-refractivity contribution in [3.05, 3.63) is 29.8 Å². The predicted octanol–water partition coefficient (Wildman–Crippen LogP) is 1.24. The van der Waals surface area contributed by atoms with Gasteiger partial charge in [0.2, 0.25) is 0 Å². The maximum absolute atomic E-state index is 11.8. The summed E-state index contributed by atoms with van der Waals surface area (Å²) in [5, 5.41) is 2.74. The van der Waals surface area contributed by atoms with Crippen LogP contribution in [0.3, 0.4) is 0 Å². The van der Waals surface area contributed by atoms with Crippen LogP contribution in [0.5, 0.6) is 0 Å². The molecule has 1 amide bonds. The number of hydrogen-bond acceptors (Lipinski definition) is 4. The van der Waals surface area contributed by atoms with Gasteiger partial charge < -0.3 is 11.1 Å². The Hall–Kier alpha value is -1.27. The first-order valence-electron chi connectivity index (χ1n) is 5.62. The van der Waals surface area contributed by atoms with Crippen LogP contribution >= 0.6 is 12.4 Å². The Kier molecular flexibility index (Phi) is 6.86. The fourth-order valence-electron chi connectivity index (χ4n) is 1.45. The Morgan fingerprint density at radius 2 is 2.05 bits per heavy atom. The minimum Gasteiger partial charge on any atom is -0.399 e. The van der Waals surface area contributed by atoms with Crippen molar-refractivity contribution in [2.75, 3.05) is 17.7 Å². The highest BCUT2D eigenvalue weighted by molar-refractivity contribution is 7.90. The van der Waals surface area contributed by atoms with Crippen molar-refractivity contribution in [1.82, 2.24) is 5.32 Å². The molecule has 3 N–H and O–H groups in total. The summed E-state index contributed by atoms with van der Waals surface area (Å²) >= 11 is 0. The number of nitrogen functional groups attached to an aromatic ring is 1. The molecule has 19 heavy (non-hydrogen) atoms. The van der Waals surface area contributed by atoms with Crippen LogP contribution in [-0.2, 0) is 9.84 Å². The highest BCUT2D eigenvalue weighted by atomic mass is 35.5. The Bertz CT molecular complexity index is 532. The van der Waals surface area contributed by atoms with E-state index in [1.165, 1.54) is 6.26 Å². The Labute approximate surface area is 119 Å². The lowest BCUT2D eigenvalue weighted by atomic mass is 10.1. The molecular weight excluding hydrogens is 288 g/mol. The lowest BCUT2D eigenvalue weighted by molar-refractivity contribution is 0.0939. The second kappa shape index (κ2) is 7.35. The van der Waals surface area contributed by atoms with E-state index in [0.29, 0.717) is 17.7 Å². The van der Waals surface area contributed by atoms with Gasteiger partial charge in [-0.1, -0.05) is 6.07 Å². The summed E-state index contributed by atoms with van der Waals surface area (Å²) in [4.78, 5) is 11.8. The van der Waals surface area contributed by atoms with Gasteiger partial charge in [-0.05, 0) is 31.5 Å². The van der Waals surface area contributed by atoms with Crippen molar-refractivity contribution < 1.29 is 13.2 Å². The zero-order valence-corrected chi connectivity index (χ0v) is 12.6. The molecule has 0 spiro atoms. The quantitative estimate of drug-likeness (QED) is 0.801. The first-order valence-corrected chi connectivity index (χ1v) is 7.68. The number of rotatable bonds is 5. The van der Waals surface area contributed by atoms with Gasteiger partial charge in [0, 0.05) is 23.5 Å². The van der Waals surface area contributed by atoms with Crippen LogP contribution in [0.2, 0.25) is 0 Å². The largest absolute Gasteiger partial charge is 0.399 e. The van der Waals surface area contributed by atoms with Crippen LogP contribution in [0.25, 0.3) is 0 Å². The normalized spacial score (nSPS) is 12.3. The van der Waals surface area contributed by atoms with E-state index in [-0.39, 0.29) is 30.1 Å². The summed E-state index contributed by atoms with van der Waals surface area (Å²) in [7, 11) is -3.00. The molecule has 1 unspecified atom stereocenters. The van der Waals surface area contributed by atoms with Crippen molar-refractivity contribution >= 4 is 33.8 Å². The van der Waals surface area contributed by atoms with Crippen LogP contribution in [0.15, 0.2) is 24.3 Å². The van der Waals surface area contributed by atoms with E-state index in [1.807, 2.05) is 0 Å². The molecule has 7 heteroatoms. The molecule has 0 radical (unpaired) electrons. The van der Waals surface area contributed by atoms with Crippen molar-refractivity contribution in [3.63, 3.8) is 0 Å². The highest BCUT2D eigenvalue weighted by Gasteiger charge is 2.12. The summed E-state index contributed by atoms with van der Waals surface area (Å²) in [5.74, 6) is -0.186. The van der Waals surface area contributed by atoms with Crippen LogP contribution in [0.4, 0.5) is 5.69 Å². The Morgan fingerprint density at radius 3 is 2.58 bits per heavy atom. The second-order valence-electron chi connectivity index (χ2n) is 4.42. The topological polar surface area (TPSA) is 89.3 Å². The van der Waals surface area contributed by atoms with Gasteiger partial charge in [0.1, 0.15) is 9.84 Å². The summed E-state index contributed by atoms with van der Waals surface area (Å²) in [5.41, 5.74) is 6.58. The number of benzene rings is 1. The van der Waals surface area contributed by atoms with Gasteiger partial charge in [-0.15, -0.1) is 12.4 Å². The standard InChI is InChI=1S/C12H18N2O3S.ClH/c1-9(6-7-18(2,16)17)14-12(15)10-4-3-5-11(13)8-10;/h3-5,8-9H,6-7,13H2,1-2H3,(H,14,15);1H. The monoisotopic (exact) mass is 306 g/mol. The Morgan fingerprint density at radius 1 is 1.42 bits per heavy atom. The van der Waals surface area contributed by atoms with E-state index < -0.39 is 9.84 Å². The molecule has 1 atom stereocenters. The summed E-state index contributed by atoms with van der Waals surface area (Å²) in [6, 6.07) is 6.44. The van der Waals surface area contributed by atoms with Crippen LogP contribution in [-0.4, -0.2) is 32.4 Å². The molecule has 0 fully saturated rings. The minimum absolute atomic E-state index is 0. The summed E-state index contributed by atoms with van der Waals surface area (Å²) in [6.07, 6.45) is 1.58. The molecule has 0 aliphatic carbocycles. The molecule has 5 nitrogen and oxygen atoms in total. The van der Waals surface area contributed by atoms with Gasteiger partial charge >= 0.3 is 0 Å². The minimum atomic E-state index is -3.00. The number of carbonyl (C=O) groups excluding carboxylic acids is 1. The average Bonchev–Trinajstić information content (AvgIpc) is 2.25. The molecule has 0 saturated carbocycles. The molecule has 1 aromatic carbocycles. The first-order chi connectivity index (χ1) is 8.28. The molecule has 0 aliphatic heterocycles. The van der Waals surface area contributed by atoms with E-state index in [4.69, 9.17) is 5.73 Å². The smallest absolute Gasteiger partial charge is 0.251 e. The van der Waals surface area contributed by atoms with Gasteiger partial charge in [-0.2, -0.15) is 0 Å². The first kappa shape index (κ1) is 17.7. The molecule has 0 aliphatic rings. The zero-order valence-electron chi connectivity index (χ0n) is 10.9. The van der Waals surface area contributed by atoms with E-state index >= 15 is 0 Å². The lowest BCUT2D eigenvalue weighted by Gasteiger charge is -2.13. The van der Waals surface area contributed by atoms with E-state index in [1.54, 1.807) is 31.2 Å². The zero-order chi connectivity index (χ0) is 13.8. The number of halogens is 1. The predicted molar refractivity (Wildman–Crippen MR) is 79.4 cm³/mol. The molecule has 108 valence electrons. The third-order valence-electron chi connectivity index (χ3n) is 2.45. The van der Waals surface area contributed by atoms with Gasteiger partial charge in [0.05, 0.1) is 5.75 Å². The number of anilines is 1. The van der Waals surface area contributed by atoms with Crippen LogP contribution < -0.4 is 11.1 Å². The van der Waals surface area contributed by atoms with Crippen molar-refractivity contribution in [3.8, 4) is 0 Å². The number of hydrogen-bond donors (Lipinski definition) is 2. The number of nitrogens with one attached hydrogen (secondary N) is 1. The fourth-order valence-corrected chi connectivity index (χ4v) is 2.23. The summed E-state index contributed by atoms with van der Waals surface area (Å²) < 4.78 is 22.0. The third-order valence-corrected chi connectivity index (χ3v) is 3.43. The molecule has 1 rings (SSSR count). The molecular formula is C12H19ClN2O3S. The molecule has 0 saturated heterocycles. The van der Waals surface area contributed by atoms with E-state index in [9.17, 15) is 13.2 Å². The van der Waals surface area contributed by atoms with Gasteiger partial charge in [0.15, 0.2) is 0 Å². The number of nitrogens with two attached hydrogens (primary N) is 1. The summed E-state index contributed by atoms with van der Waals surface area (Å²) in [6.45, 7) is 1.77. The third kappa shape index (κ3) is 7.03. The van der Waals surface area contributed by atoms with Crippen LogP contribution in [0.1, 0.15) is 23.7 Å². The van der Waals surface area contributed by atoms with E-state index in [2.05, 4.69) is 5.32 Å². The fraction of sp³-hybridized carbons (Fsp3) is 0.417. The Balaban J connectivity index is 0.00000324. The number of sulfone groups is 1. The van der Waals surface area contributed by atoms with Crippen molar-refractivity contribution in [1.29, 1.82) is 0 Å². The molecule has 0 bridgehead atoms. The van der Waals surface area contributed by atoms with Crippen LogP contribution in [0, 0.1) is 0 Å².